The van der Waals surface area contributed by atoms with Gasteiger partial charge < -0.3 is 11.6 Å². The van der Waals surface area contributed by atoms with Crippen LogP contribution in [-0.2, 0) is 0 Å². The van der Waals surface area contributed by atoms with Crippen molar-refractivity contribution in [3.63, 3.8) is 0 Å². The molecule has 4 heteroatoms. The molecule has 0 aromatic heterocycles. The molecule has 44 valence electrons. The predicted molar refractivity (Wildman–Crippen MR) is 34.5 cm³/mol. The molecule has 0 spiro atoms. The fraction of sp³-hybridized carbons (Fsp3) is 0. The minimum atomic E-state index is 0.305. The molecule has 4 nitrogen and oxygen atoms in total. The van der Waals surface area contributed by atoms with Gasteiger partial charge in [0, 0.05) is 0 Å². The molecular formula is C4H8N4. The van der Waals surface area contributed by atoms with Crippen LogP contribution in [0.5, 0.6) is 0 Å². The standard InChI is InChI=1S/C4H8N4/c1-2-4(5)7-3-8-6/h2-3H,1,6H2,(H2,5,7,8). The highest BCUT2D eigenvalue weighted by molar-refractivity contribution is 5.95. The predicted octanol–water partition coefficient (Wildman–Crippen LogP) is -0.568. The molecule has 0 saturated heterocycles. The zero-order valence-corrected chi connectivity index (χ0v) is 4.41. The van der Waals surface area contributed by atoms with Crippen LogP contribution >= 0.6 is 0 Å². The summed E-state index contributed by atoms with van der Waals surface area (Å²) in [6.07, 6.45) is 2.55. The van der Waals surface area contributed by atoms with Gasteiger partial charge in [-0.3, -0.25) is 0 Å². The smallest absolute Gasteiger partial charge is 0.137 e. The van der Waals surface area contributed by atoms with Crippen LogP contribution in [0.2, 0.25) is 0 Å². The summed E-state index contributed by atoms with van der Waals surface area (Å²) in [7, 11) is 0. The quantitative estimate of drug-likeness (QED) is 0.217. The highest BCUT2D eigenvalue weighted by atomic mass is 15.1. The molecule has 0 rings (SSSR count). The number of aliphatic imine (C=N–C) groups is 1. The Kier molecular flexibility index (Phi) is 3.22. The number of rotatable bonds is 2. The normalized spacial score (nSPS) is 12.2. The maximum Gasteiger partial charge on any atom is 0.137 e. The molecule has 0 fully saturated rings. The fourth-order valence-corrected chi connectivity index (χ4v) is 0.153. The molecule has 0 aromatic carbocycles. The first-order valence-corrected chi connectivity index (χ1v) is 1.98. The summed E-state index contributed by atoms with van der Waals surface area (Å²) in [5.74, 6) is 5.01. The van der Waals surface area contributed by atoms with Crippen LogP contribution in [0.1, 0.15) is 0 Å². The number of hydrogen-bond acceptors (Lipinski definition) is 2. The molecular weight excluding hydrogens is 104 g/mol. The van der Waals surface area contributed by atoms with Crippen LogP contribution in [0, 0.1) is 0 Å². The monoisotopic (exact) mass is 112 g/mol. The van der Waals surface area contributed by atoms with Crippen LogP contribution < -0.4 is 11.6 Å². The zero-order chi connectivity index (χ0) is 6.41. The van der Waals surface area contributed by atoms with Crippen molar-refractivity contribution in [2.24, 2.45) is 21.7 Å². The van der Waals surface area contributed by atoms with Gasteiger partial charge in [0.2, 0.25) is 0 Å². The van der Waals surface area contributed by atoms with Crippen molar-refractivity contribution in [3.8, 4) is 0 Å². The van der Waals surface area contributed by atoms with Crippen molar-refractivity contribution in [1.29, 1.82) is 0 Å². The molecule has 0 amide bonds. The van der Waals surface area contributed by atoms with E-state index in [1.165, 1.54) is 6.08 Å². The summed E-state index contributed by atoms with van der Waals surface area (Å²) in [5.41, 5.74) is 5.14. The fourth-order valence-electron chi connectivity index (χ4n) is 0.153. The van der Waals surface area contributed by atoms with Gasteiger partial charge in [-0.25, -0.2) is 4.99 Å². The van der Waals surface area contributed by atoms with Gasteiger partial charge in [0.1, 0.15) is 12.2 Å². The van der Waals surface area contributed by atoms with E-state index in [0.717, 1.165) is 6.34 Å². The molecule has 0 heterocycles. The number of hydrogen-bond donors (Lipinski definition) is 2. The highest BCUT2D eigenvalue weighted by Crippen LogP contribution is 1.64. The topological polar surface area (TPSA) is 76.8 Å². The van der Waals surface area contributed by atoms with E-state index in [0.29, 0.717) is 5.84 Å². The molecule has 0 radical (unpaired) electrons. The van der Waals surface area contributed by atoms with E-state index in [1.54, 1.807) is 0 Å². The second-order valence-electron chi connectivity index (χ2n) is 1.02. The molecule has 0 bridgehead atoms. The average Bonchev–Trinajstić information content (AvgIpc) is 1.83. The van der Waals surface area contributed by atoms with Crippen LogP contribution in [0.15, 0.2) is 22.7 Å². The second kappa shape index (κ2) is 3.86. The number of nitrogens with zero attached hydrogens (tertiary/aromatic N) is 2. The SMILES string of the molecule is C=C/C(N)=N\C=N/N. The maximum absolute atomic E-state index is 5.14. The largest absolute Gasteiger partial charge is 0.384 e. The van der Waals surface area contributed by atoms with Gasteiger partial charge in [-0.05, 0) is 6.08 Å². The third-order valence-corrected chi connectivity index (χ3v) is 0.483. The third kappa shape index (κ3) is 2.89. The Balaban J connectivity index is 3.74. The van der Waals surface area contributed by atoms with Crippen molar-refractivity contribution < 1.29 is 0 Å². The van der Waals surface area contributed by atoms with Gasteiger partial charge in [-0.1, -0.05) is 6.58 Å². The van der Waals surface area contributed by atoms with Crippen LogP contribution in [0.4, 0.5) is 0 Å². The van der Waals surface area contributed by atoms with Gasteiger partial charge in [-0.15, -0.1) is 0 Å². The van der Waals surface area contributed by atoms with Crippen molar-refractivity contribution in [3.05, 3.63) is 12.7 Å². The molecule has 0 aliphatic carbocycles. The number of nitrogens with two attached hydrogens (primary N) is 2. The summed E-state index contributed by atoms with van der Waals surface area (Å²) in [4.78, 5) is 3.52. The van der Waals surface area contributed by atoms with Crippen LogP contribution in [0.25, 0.3) is 0 Å². The molecule has 0 aliphatic rings. The van der Waals surface area contributed by atoms with E-state index < -0.39 is 0 Å². The van der Waals surface area contributed by atoms with Gasteiger partial charge in [0.25, 0.3) is 0 Å². The number of amidine groups is 1. The van der Waals surface area contributed by atoms with E-state index in [-0.39, 0.29) is 0 Å². The van der Waals surface area contributed by atoms with Crippen molar-refractivity contribution >= 4 is 12.2 Å². The Morgan fingerprint density at radius 2 is 2.25 bits per heavy atom. The lowest BCUT2D eigenvalue weighted by Crippen LogP contribution is -2.06. The Morgan fingerprint density at radius 3 is 2.62 bits per heavy atom. The van der Waals surface area contributed by atoms with Gasteiger partial charge in [0.15, 0.2) is 0 Å². The van der Waals surface area contributed by atoms with Gasteiger partial charge in [0.05, 0.1) is 0 Å². The van der Waals surface area contributed by atoms with Crippen LogP contribution in [-0.4, -0.2) is 12.2 Å². The van der Waals surface area contributed by atoms with Crippen molar-refractivity contribution in [1.82, 2.24) is 0 Å². The van der Waals surface area contributed by atoms with Crippen molar-refractivity contribution in [2.45, 2.75) is 0 Å². The first-order chi connectivity index (χ1) is 3.81. The molecule has 0 aromatic rings. The Bertz CT molecular complexity index is 124. The van der Waals surface area contributed by atoms with Gasteiger partial charge >= 0.3 is 0 Å². The van der Waals surface area contributed by atoms with E-state index in [1.807, 2.05) is 0 Å². The van der Waals surface area contributed by atoms with E-state index >= 15 is 0 Å². The summed E-state index contributed by atoms with van der Waals surface area (Å²) in [6, 6.07) is 0. The molecule has 4 N–H and O–H groups in total. The van der Waals surface area contributed by atoms with E-state index in [2.05, 4.69) is 16.7 Å². The maximum atomic E-state index is 5.14. The molecule has 0 atom stereocenters. The lowest BCUT2D eigenvalue weighted by molar-refractivity contribution is 1.25. The second-order valence-corrected chi connectivity index (χ2v) is 1.02. The summed E-state index contributed by atoms with van der Waals surface area (Å²) in [5, 5.41) is 3.08. The summed E-state index contributed by atoms with van der Waals surface area (Å²) >= 11 is 0. The molecule has 8 heavy (non-hydrogen) atoms. The first-order valence-electron chi connectivity index (χ1n) is 1.98. The number of hydrazone groups is 1. The minimum absolute atomic E-state index is 0.305. The van der Waals surface area contributed by atoms with E-state index in [9.17, 15) is 0 Å². The Hall–Kier alpha value is -1.32. The Morgan fingerprint density at radius 1 is 1.62 bits per heavy atom. The minimum Gasteiger partial charge on any atom is -0.384 e. The molecule has 0 aliphatic heterocycles. The first kappa shape index (κ1) is 6.68. The lowest BCUT2D eigenvalue weighted by atomic mass is 10.6. The lowest BCUT2D eigenvalue weighted by Gasteiger charge is -1.81. The molecule has 0 unspecified atom stereocenters. The Labute approximate surface area is 47.6 Å². The summed E-state index contributed by atoms with van der Waals surface area (Å²) in [6.45, 7) is 3.36. The third-order valence-electron chi connectivity index (χ3n) is 0.483. The van der Waals surface area contributed by atoms with Gasteiger partial charge in [-0.2, -0.15) is 5.10 Å². The van der Waals surface area contributed by atoms with Crippen LogP contribution in [0.3, 0.4) is 0 Å². The average molecular weight is 112 g/mol. The highest BCUT2D eigenvalue weighted by Gasteiger charge is 1.73. The molecule has 0 saturated carbocycles. The summed E-state index contributed by atoms with van der Waals surface area (Å²) < 4.78 is 0. The van der Waals surface area contributed by atoms with E-state index in [4.69, 9.17) is 11.6 Å². The zero-order valence-electron chi connectivity index (χ0n) is 4.41. The van der Waals surface area contributed by atoms with Crippen molar-refractivity contribution in [2.75, 3.05) is 0 Å².